The van der Waals surface area contributed by atoms with Gasteiger partial charge in [-0.1, -0.05) is 7.43 Å². The van der Waals surface area contributed by atoms with E-state index >= 15 is 0 Å². The van der Waals surface area contributed by atoms with E-state index in [1.807, 2.05) is 0 Å². The van der Waals surface area contributed by atoms with Crippen LogP contribution in [0.15, 0.2) is 0 Å². The second-order valence-corrected chi connectivity index (χ2v) is 2.87. The molecule has 1 heterocycles. The first kappa shape index (κ1) is 12.3. The van der Waals surface area contributed by atoms with Gasteiger partial charge in [-0.2, -0.15) is 9.40 Å². The van der Waals surface area contributed by atoms with Gasteiger partial charge >= 0.3 is 0 Å². The summed E-state index contributed by atoms with van der Waals surface area (Å²) in [6.07, 6.45) is -0.205. The number of carbonyl (C=O) groups excluding carboxylic acids is 2. The smallest absolute Gasteiger partial charge is 0.269 e. The van der Waals surface area contributed by atoms with Crippen molar-refractivity contribution in [3.05, 3.63) is 0 Å². The molecule has 1 N–H and O–H groups in total. The fraction of sp³-hybridized carbons (Fsp3) is 0.600. The van der Waals surface area contributed by atoms with E-state index in [1.165, 1.54) is 0 Å². The first-order valence-electron chi connectivity index (χ1n) is 2.84. The van der Waals surface area contributed by atoms with Crippen molar-refractivity contribution in [2.45, 2.75) is 19.1 Å². The summed E-state index contributed by atoms with van der Waals surface area (Å²) in [5.74, 6) is -1.55. The standard InChI is InChI=1S/C4H5NO6S.CH4/c6-3-1-2(12-11-10-9)4(7)5(3)8;/h2,8-9H,1H2;1H4/p-1. The third-order valence-electron chi connectivity index (χ3n) is 1.26. The molecule has 76 valence electrons. The second kappa shape index (κ2) is 5.14. The molecule has 0 spiro atoms. The van der Waals surface area contributed by atoms with Crippen molar-refractivity contribution in [2.24, 2.45) is 0 Å². The molecule has 1 aliphatic rings. The zero-order chi connectivity index (χ0) is 9.14. The van der Waals surface area contributed by atoms with Crippen molar-refractivity contribution in [1.29, 1.82) is 0 Å². The molecule has 1 fully saturated rings. The summed E-state index contributed by atoms with van der Waals surface area (Å²) in [6, 6.07) is 0. The Hall–Kier alpha value is -0.670. The molecule has 13 heavy (non-hydrogen) atoms. The Morgan fingerprint density at radius 1 is 1.62 bits per heavy atom. The number of amides is 2. The van der Waals surface area contributed by atoms with Crippen LogP contribution in [0.1, 0.15) is 13.8 Å². The number of hydroxylamine groups is 2. The number of hydrogen-bond acceptors (Lipinski definition) is 7. The topological polar surface area (TPSA) is 99.1 Å². The Morgan fingerprint density at radius 3 is 2.62 bits per heavy atom. The molecule has 1 atom stereocenters. The maximum absolute atomic E-state index is 10.8. The van der Waals surface area contributed by atoms with Gasteiger partial charge in [0.05, 0.1) is 6.42 Å². The Labute approximate surface area is 78.2 Å². The van der Waals surface area contributed by atoms with Gasteiger partial charge in [-0.3, -0.25) is 19.8 Å². The van der Waals surface area contributed by atoms with Crippen molar-refractivity contribution < 1.29 is 29.4 Å². The minimum absolute atomic E-state index is 0. The molecule has 0 saturated carbocycles. The predicted molar refractivity (Wildman–Crippen MR) is 38.5 cm³/mol. The number of imide groups is 1. The number of nitrogens with zero attached hydrogens (tertiary/aromatic N) is 1. The van der Waals surface area contributed by atoms with Crippen molar-refractivity contribution in [1.82, 2.24) is 5.06 Å². The summed E-state index contributed by atoms with van der Waals surface area (Å²) < 4.78 is 3.83. The third kappa shape index (κ3) is 2.64. The van der Waals surface area contributed by atoms with Crippen LogP contribution in [0.5, 0.6) is 0 Å². The molecule has 8 heteroatoms. The number of carbonyl (C=O) groups is 2. The third-order valence-corrected chi connectivity index (χ3v) is 2.00. The lowest BCUT2D eigenvalue weighted by atomic mass is 10.4. The summed E-state index contributed by atoms with van der Waals surface area (Å²) in [7, 11) is 0. The van der Waals surface area contributed by atoms with E-state index in [2.05, 4.69) is 9.37 Å². The van der Waals surface area contributed by atoms with Crippen LogP contribution in [0.3, 0.4) is 0 Å². The van der Waals surface area contributed by atoms with Gasteiger partial charge in [0.1, 0.15) is 5.25 Å². The summed E-state index contributed by atoms with van der Waals surface area (Å²) in [6.45, 7) is 0. The lowest BCUT2D eigenvalue weighted by molar-refractivity contribution is -0.777. The molecule has 0 aromatic rings. The Morgan fingerprint density at radius 2 is 2.23 bits per heavy atom. The van der Waals surface area contributed by atoms with Crippen LogP contribution in [0.2, 0.25) is 0 Å². The Balaban J connectivity index is 0.00000144. The average molecular weight is 210 g/mol. The summed E-state index contributed by atoms with van der Waals surface area (Å²) in [5, 5.41) is 20.1. The van der Waals surface area contributed by atoms with Gasteiger partial charge < -0.3 is 5.26 Å². The minimum Gasteiger partial charge on any atom is -0.691 e. The van der Waals surface area contributed by atoms with Gasteiger partial charge in [0.2, 0.25) is 0 Å². The van der Waals surface area contributed by atoms with E-state index < -0.39 is 17.1 Å². The first-order chi connectivity index (χ1) is 5.66. The molecule has 2 amide bonds. The largest absolute Gasteiger partial charge is 0.691 e. The van der Waals surface area contributed by atoms with Gasteiger partial charge in [-0.05, 0) is 0 Å². The molecule has 1 unspecified atom stereocenters. The Bertz CT molecular complexity index is 209. The molecular weight excluding hydrogens is 202 g/mol. The lowest BCUT2D eigenvalue weighted by Crippen LogP contribution is -2.27. The van der Waals surface area contributed by atoms with Crippen molar-refractivity contribution in [3.8, 4) is 0 Å². The highest BCUT2D eigenvalue weighted by atomic mass is 32.2. The van der Waals surface area contributed by atoms with Crippen LogP contribution in [0.4, 0.5) is 0 Å². The van der Waals surface area contributed by atoms with E-state index in [9.17, 15) is 14.8 Å². The fourth-order valence-corrected chi connectivity index (χ4v) is 1.25. The fourth-order valence-electron chi connectivity index (χ4n) is 0.730. The zero-order valence-electron chi connectivity index (χ0n) is 5.63. The van der Waals surface area contributed by atoms with E-state index in [0.717, 1.165) is 0 Å². The number of rotatable bonds is 3. The zero-order valence-corrected chi connectivity index (χ0v) is 6.44. The maximum Gasteiger partial charge on any atom is 0.269 e. The van der Waals surface area contributed by atoms with E-state index in [-0.39, 0.29) is 18.9 Å². The molecule has 0 aromatic heterocycles. The van der Waals surface area contributed by atoms with Gasteiger partial charge in [0.15, 0.2) is 0 Å². The number of hydrogen-bond donors (Lipinski definition) is 1. The second-order valence-electron chi connectivity index (χ2n) is 1.97. The molecule has 1 aliphatic heterocycles. The highest BCUT2D eigenvalue weighted by molar-refractivity contribution is 7.96. The molecule has 0 bridgehead atoms. The summed E-state index contributed by atoms with van der Waals surface area (Å²) >= 11 is 0.393. The van der Waals surface area contributed by atoms with Crippen LogP contribution >= 0.6 is 12.0 Å². The molecular formula is C5H8NO6S-. The van der Waals surface area contributed by atoms with Crippen LogP contribution in [-0.4, -0.2) is 27.3 Å². The summed E-state index contributed by atoms with van der Waals surface area (Å²) in [5.41, 5.74) is 0. The van der Waals surface area contributed by atoms with Gasteiger partial charge in [-0.15, -0.1) is 0 Å². The monoisotopic (exact) mass is 210 g/mol. The van der Waals surface area contributed by atoms with E-state index in [1.54, 1.807) is 0 Å². The van der Waals surface area contributed by atoms with Gasteiger partial charge in [-0.25, -0.2) is 0 Å². The minimum atomic E-state index is -0.906. The first-order valence-corrected chi connectivity index (χ1v) is 3.65. The molecule has 0 aromatic carbocycles. The normalized spacial score (nSPS) is 22.0. The molecule has 1 rings (SSSR count). The molecule has 0 aliphatic carbocycles. The molecule has 1 saturated heterocycles. The van der Waals surface area contributed by atoms with Crippen molar-refractivity contribution in [2.75, 3.05) is 0 Å². The van der Waals surface area contributed by atoms with Crippen molar-refractivity contribution >= 4 is 23.9 Å². The van der Waals surface area contributed by atoms with Crippen LogP contribution in [-0.2, 0) is 19.0 Å². The van der Waals surface area contributed by atoms with Crippen LogP contribution in [0.25, 0.3) is 0 Å². The molecule has 0 radical (unpaired) electrons. The quantitative estimate of drug-likeness (QED) is 0.210. The van der Waals surface area contributed by atoms with Gasteiger partial charge in [0, 0.05) is 12.0 Å². The SMILES string of the molecule is C.O=C1CC(SOO[O-])C(=O)N1O. The van der Waals surface area contributed by atoms with Crippen LogP contribution < -0.4 is 5.26 Å². The Kier molecular flexibility index (Phi) is 4.88. The van der Waals surface area contributed by atoms with Crippen molar-refractivity contribution in [3.63, 3.8) is 0 Å². The van der Waals surface area contributed by atoms with Crippen LogP contribution in [0, 0.1) is 0 Å². The average Bonchev–Trinajstić information content (AvgIpc) is 2.30. The maximum atomic E-state index is 10.8. The lowest BCUT2D eigenvalue weighted by Gasteiger charge is -2.07. The molecule has 7 nitrogen and oxygen atoms in total. The highest BCUT2D eigenvalue weighted by Crippen LogP contribution is 2.24. The predicted octanol–water partition coefficient (Wildman–Crippen LogP) is -0.989. The van der Waals surface area contributed by atoms with E-state index in [4.69, 9.17) is 5.21 Å². The van der Waals surface area contributed by atoms with Gasteiger partial charge in [0.25, 0.3) is 11.8 Å². The summed E-state index contributed by atoms with van der Waals surface area (Å²) in [4.78, 5) is 21.4. The highest BCUT2D eigenvalue weighted by Gasteiger charge is 2.39. The van der Waals surface area contributed by atoms with E-state index in [0.29, 0.717) is 12.0 Å².